The van der Waals surface area contributed by atoms with E-state index in [0.717, 1.165) is 8.81 Å². The lowest BCUT2D eigenvalue weighted by molar-refractivity contribution is 1.23. The van der Waals surface area contributed by atoms with Crippen LogP contribution in [0.25, 0.3) is 0 Å². The topological polar surface area (TPSA) is 12.9 Å². The van der Waals surface area contributed by atoms with Crippen LogP contribution >= 0.6 is 39.0 Å². The van der Waals surface area contributed by atoms with E-state index in [-0.39, 0.29) is 0 Å². The SMILES string of the molecule is Cc1ccc(Br)cc1Sc1nccs1. The Morgan fingerprint density at radius 3 is 3.00 bits per heavy atom. The van der Waals surface area contributed by atoms with Gasteiger partial charge in [-0.05, 0) is 24.6 Å². The van der Waals surface area contributed by atoms with E-state index in [1.54, 1.807) is 23.1 Å². The molecule has 0 aliphatic rings. The van der Waals surface area contributed by atoms with Crippen LogP contribution in [-0.4, -0.2) is 4.98 Å². The molecule has 0 spiro atoms. The zero-order valence-corrected chi connectivity index (χ0v) is 10.7. The van der Waals surface area contributed by atoms with E-state index in [4.69, 9.17) is 0 Å². The van der Waals surface area contributed by atoms with Crippen molar-refractivity contribution in [3.8, 4) is 0 Å². The molecule has 0 unspecified atom stereocenters. The van der Waals surface area contributed by atoms with Crippen molar-refractivity contribution in [2.45, 2.75) is 16.2 Å². The average Bonchev–Trinajstić information content (AvgIpc) is 2.64. The zero-order valence-electron chi connectivity index (χ0n) is 7.53. The molecular weight excluding hydrogens is 278 g/mol. The summed E-state index contributed by atoms with van der Waals surface area (Å²) in [7, 11) is 0. The third-order valence-corrected chi connectivity index (χ3v) is 4.29. The number of hydrogen-bond donors (Lipinski definition) is 0. The highest BCUT2D eigenvalue weighted by molar-refractivity contribution is 9.10. The predicted octanol–water partition coefficient (Wildman–Crippen LogP) is 4.37. The summed E-state index contributed by atoms with van der Waals surface area (Å²) in [5.41, 5.74) is 1.29. The molecule has 0 aliphatic carbocycles. The van der Waals surface area contributed by atoms with Crippen LogP contribution in [0.1, 0.15) is 5.56 Å². The highest BCUT2D eigenvalue weighted by Gasteiger charge is 2.03. The van der Waals surface area contributed by atoms with Crippen molar-refractivity contribution in [3.63, 3.8) is 0 Å². The van der Waals surface area contributed by atoms with Crippen molar-refractivity contribution in [2.75, 3.05) is 0 Å². The van der Waals surface area contributed by atoms with Crippen LogP contribution in [0.3, 0.4) is 0 Å². The van der Waals surface area contributed by atoms with Crippen molar-refractivity contribution in [1.82, 2.24) is 4.98 Å². The first-order valence-corrected chi connectivity index (χ1v) is 6.58. The zero-order chi connectivity index (χ0) is 9.97. The summed E-state index contributed by atoms with van der Waals surface area (Å²) in [6.07, 6.45) is 1.83. The molecule has 4 heteroatoms. The number of hydrogen-bond acceptors (Lipinski definition) is 3. The largest absolute Gasteiger partial charge is 0.238 e. The van der Waals surface area contributed by atoms with Gasteiger partial charge in [-0.3, -0.25) is 0 Å². The van der Waals surface area contributed by atoms with Gasteiger partial charge in [0.1, 0.15) is 0 Å². The Hall–Kier alpha value is -0.320. The van der Waals surface area contributed by atoms with Crippen molar-refractivity contribution >= 4 is 39.0 Å². The molecule has 0 saturated carbocycles. The van der Waals surface area contributed by atoms with E-state index >= 15 is 0 Å². The maximum absolute atomic E-state index is 4.25. The van der Waals surface area contributed by atoms with E-state index in [0.29, 0.717) is 0 Å². The van der Waals surface area contributed by atoms with Gasteiger partial charge in [0.25, 0.3) is 0 Å². The number of rotatable bonds is 2. The van der Waals surface area contributed by atoms with Gasteiger partial charge in [0.05, 0.1) is 0 Å². The Labute approximate surface area is 99.7 Å². The number of nitrogens with zero attached hydrogens (tertiary/aromatic N) is 1. The molecule has 1 aromatic carbocycles. The summed E-state index contributed by atoms with van der Waals surface area (Å²) in [6, 6.07) is 6.29. The molecule has 0 N–H and O–H groups in total. The van der Waals surface area contributed by atoms with Crippen LogP contribution in [0.4, 0.5) is 0 Å². The van der Waals surface area contributed by atoms with Gasteiger partial charge < -0.3 is 0 Å². The van der Waals surface area contributed by atoms with Crippen molar-refractivity contribution in [2.24, 2.45) is 0 Å². The molecule has 0 amide bonds. The van der Waals surface area contributed by atoms with Gasteiger partial charge in [-0.25, -0.2) is 4.98 Å². The lowest BCUT2D eigenvalue weighted by Crippen LogP contribution is -1.79. The smallest absolute Gasteiger partial charge is 0.154 e. The van der Waals surface area contributed by atoms with Crippen molar-refractivity contribution in [3.05, 3.63) is 39.8 Å². The molecule has 1 nitrogen and oxygen atoms in total. The van der Waals surface area contributed by atoms with Gasteiger partial charge in [0.2, 0.25) is 0 Å². The molecule has 2 aromatic rings. The maximum Gasteiger partial charge on any atom is 0.154 e. The number of benzene rings is 1. The average molecular weight is 286 g/mol. The van der Waals surface area contributed by atoms with Gasteiger partial charge >= 0.3 is 0 Å². The number of halogens is 1. The van der Waals surface area contributed by atoms with Crippen LogP contribution in [-0.2, 0) is 0 Å². The Balaban J connectivity index is 2.28. The minimum atomic E-state index is 1.09. The molecule has 0 saturated heterocycles. The third-order valence-electron chi connectivity index (χ3n) is 1.76. The Kier molecular flexibility index (Phi) is 3.26. The van der Waals surface area contributed by atoms with E-state index in [1.165, 1.54) is 10.5 Å². The standard InChI is InChI=1S/C10H8BrNS2/c1-7-2-3-8(11)6-9(7)14-10-12-4-5-13-10/h2-6H,1H3. The van der Waals surface area contributed by atoms with Gasteiger partial charge in [0.15, 0.2) is 4.34 Å². The molecule has 0 radical (unpaired) electrons. The Morgan fingerprint density at radius 1 is 1.43 bits per heavy atom. The van der Waals surface area contributed by atoms with Gasteiger partial charge in [-0.1, -0.05) is 33.8 Å². The van der Waals surface area contributed by atoms with Gasteiger partial charge in [-0.2, -0.15) is 0 Å². The normalized spacial score (nSPS) is 10.4. The molecule has 72 valence electrons. The third kappa shape index (κ3) is 2.38. The van der Waals surface area contributed by atoms with E-state index in [2.05, 4.69) is 46.0 Å². The van der Waals surface area contributed by atoms with E-state index in [1.807, 2.05) is 11.6 Å². The lowest BCUT2D eigenvalue weighted by Gasteiger charge is -2.02. The van der Waals surface area contributed by atoms with E-state index < -0.39 is 0 Å². The summed E-state index contributed by atoms with van der Waals surface area (Å²) in [4.78, 5) is 5.51. The van der Waals surface area contributed by atoms with Crippen molar-refractivity contribution in [1.29, 1.82) is 0 Å². The first-order chi connectivity index (χ1) is 6.75. The highest BCUT2D eigenvalue weighted by Crippen LogP contribution is 2.33. The molecule has 1 heterocycles. The van der Waals surface area contributed by atoms with E-state index in [9.17, 15) is 0 Å². The van der Waals surface area contributed by atoms with Crippen LogP contribution in [0.5, 0.6) is 0 Å². The van der Waals surface area contributed by atoms with Gasteiger partial charge in [-0.15, -0.1) is 11.3 Å². The molecule has 2 rings (SSSR count). The fourth-order valence-corrected chi connectivity index (χ4v) is 3.26. The molecular formula is C10H8BrNS2. The predicted molar refractivity (Wildman–Crippen MR) is 65.1 cm³/mol. The number of aryl methyl sites for hydroxylation is 1. The monoisotopic (exact) mass is 285 g/mol. The van der Waals surface area contributed by atoms with Crippen molar-refractivity contribution < 1.29 is 0 Å². The van der Waals surface area contributed by atoms with Crippen LogP contribution in [0.15, 0.2) is 43.5 Å². The summed E-state index contributed by atoms with van der Waals surface area (Å²) in [6.45, 7) is 2.11. The van der Waals surface area contributed by atoms with Crippen LogP contribution in [0.2, 0.25) is 0 Å². The molecule has 0 atom stereocenters. The summed E-state index contributed by atoms with van der Waals surface area (Å²) in [5.74, 6) is 0. The van der Waals surface area contributed by atoms with Crippen LogP contribution < -0.4 is 0 Å². The minimum Gasteiger partial charge on any atom is -0.238 e. The lowest BCUT2D eigenvalue weighted by atomic mass is 10.2. The second-order valence-electron chi connectivity index (χ2n) is 2.81. The molecule has 0 fully saturated rings. The number of thiazole rings is 1. The first-order valence-electron chi connectivity index (χ1n) is 4.09. The second kappa shape index (κ2) is 4.47. The minimum absolute atomic E-state index is 1.09. The molecule has 1 aromatic heterocycles. The molecule has 0 bridgehead atoms. The van der Waals surface area contributed by atoms with Gasteiger partial charge in [0, 0.05) is 20.9 Å². The first kappa shape index (κ1) is 10.2. The molecule has 14 heavy (non-hydrogen) atoms. The summed E-state index contributed by atoms with van der Waals surface area (Å²) >= 11 is 6.85. The van der Waals surface area contributed by atoms with Crippen LogP contribution in [0, 0.1) is 6.92 Å². The maximum atomic E-state index is 4.25. The summed E-state index contributed by atoms with van der Waals surface area (Å²) < 4.78 is 2.20. The quantitative estimate of drug-likeness (QED) is 0.813. The fourth-order valence-electron chi connectivity index (χ4n) is 1.04. The summed E-state index contributed by atoms with van der Waals surface area (Å²) in [5, 5.41) is 2.00. The fraction of sp³-hybridized carbons (Fsp3) is 0.100. The Bertz CT molecular complexity index is 426. The second-order valence-corrected chi connectivity index (χ2v) is 5.91. The number of aromatic nitrogens is 1. The Morgan fingerprint density at radius 2 is 2.29 bits per heavy atom. The highest BCUT2D eigenvalue weighted by atomic mass is 79.9. The molecule has 0 aliphatic heterocycles.